The Morgan fingerprint density at radius 2 is 1.90 bits per heavy atom. The molecule has 0 heterocycles. The summed E-state index contributed by atoms with van der Waals surface area (Å²) in [5.41, 5.74) is 3.04. The maximum atomic E-state index is 12.5. The minimum absolute atomic E-state index is 0.00756. The zero-order valence-corrected chi connectivity index (χ0v) is 20.4. The monoisotopic (exact) mass is 558 g/mol. The molecular weight excluding hydrogens is 544 g/mol. The predicted octanol–water partition coefficient (Wildman–Crippen LogP) is 7.30. The minimum Gasteiger partial charge on any atom is -0.489 e. The minimum atomic E-state index is -0.492. The fourth-order valence-corrected chi connectivity index (χ4v) is 4.04. The molecule has 0 aliphatic rings. The highest BCUT2D eigenvalue weighted by Crippen LogP contribution is 2.25. The number of anilines is 1. The maximum Gasteiger partial charge on any atom is 0.266 e. The summed E-state index contributed by atoms with van der Waals surface area (Å²) in [5.74, 6) is 0.192. The van der Waals surface area contributed by atoms with Gasteiger partial charge in [-0.25, -0.2) is 0 Å². The quantitative estimate of drug-likeness (QED) is 0.254. The van der Waals surface area contributed by atoms with Gasteiger partial charge in [0.15, 0.2) is 0 Å². The van der Waals surface area contributed by atoms with Crippen LogP contribution in [-0.4, -0.2) is 5.91 Å². The molecule has 0 fully saturated rings. The van der Waals surface area contributed by atoms with Crippen LogP contribution in [0.5, 0.6) is 5.75 Å². The van der Waals surface area contributed by atoms with E-state index < -0.39 is 5.91 Å². The fourth-order valence-electron chi connectivity index (χ4n) is 2.71. The number of carbonyl (C=O) groups is 1. The summed E-state index contributed by atoms with van der Waals surface area (Å²) in [6, 6.07) is 20.3. The second-order valence-electron chi connectivity index (χ2n) is 6.63. The van der Waals surface area contributed by atoms with Crippen LogP contribution in [0.2, 0.25) is 5.02 Å². The largest absolute Gasteiger partial charge is 0.489 e. The van der Waals surface area contributed by atoms with E-state index in [0.29, 0.717) is 28.6 Å². The first kappa shape index (κ1) is 23.1. The Balaban J connectivity index is 1.68. The van der Waals surface area contributed by atoms with Gasteiger partial charge < -0.3 is 10.1 Å². The molecule has 4 nitrogen and oxygen atoms in total. The second kappa shape index (κ2) is 10.6. The van der Waals surface area contributed by atoms with Crippen molar-refractivity contribution in [2.24, 2.45) is 0 Å². The summed E-state index contributed by atoms with van der Waals surface area (Å²) in [7, 11) is 0. The summed E-state index contributed by atoms with van der Waals surface area (Å²) in [5, 5.41) is 12.7. The van der Waals surface area contributed by atoms with Gasteiger partial charge in [0.1, 0.15) is 24.0 Å². The molecule has 1 N–H and O–H groups in total. The molecular formula is C24H17Br2ClN2O2. The summed E-state index contributed by atoms with van der Waals surface area (Å²) < 4.78 is 7.77. The number of nitriles is 1. The summed E-state index contributed by atoms with van der Waals surface area (Å²) in [6.07, 6.45) is 1.53. The van der Waals surface area contributed by atoms with Crippen LogP contribution >= 0.6 is 43.5 Å². The topological polar surface area (TPSA) is 62.1 Å². The molecule has 3 aromatic carbocycles. The number of hydrogen-bond acceptors (Lipinski definition) is 3. The Labute approximate surface area is 202 Å². The van der Waals surface area contributed by atoms with Crippen molar-refractivity contribution in [3.63, 3.8) is 0 Å². The zero-order chi connectivity index (χ0) is 22.4. The Morgan fingerprint density at radius 1 is 1.16 bits per heavy atom. The van der Waals surface area contributed by atoms with E-state index in [9.17, 15) is 10.1 Å². The van der Waals surface area contributed by atoms with Gasteiger partial charge in [0.05, 0.1) is 0 Å². The molecule has 1 amide bonds. The van der Waals surface area contributed by atoms with Crippen LogP contribution in [0, 0.1) is 18.3 Å². The van der Waals surface area contributed by atoms with Crippen molar-refractivity contribution in [2.75, 3.05) is 5.32 Å². The molecule has 0 radical (unpaired) electrons. The van der Waals surface area contributed by atoms with Crippen molar-refractivity contribution in [3.8, 4) is 11.8 Å². The molecule has 0 spiro atoms. The molecule has 0 saturated carbocycles. The number of halogens is 3. The average molecular weight is 561 g/mol. The molecule has 156 valence electrons. The van der Waals surface area contributed by atoms with Crippen molar-refractivity contribution in [2.45, 2.75) is 13.5 Å². The van der Waals surface area contributed by atoms with Crippen molar-refractivity contribution >= 4 is 61.1 Å². The molecule has 3 rings (SSSR count). The Morgan fingerprint density at radius 3 is 2.58 bits per heavy atom. The van der Waals surface area contributed by atoms with Crippen LogP contribution in [0.3, 0.4) is 0 Å². The van der Waals surface area contributed by atoms with Crippen LogP contribution in [0.25, 0.3) is 6.08 Å². The number of benzene rings is 3. The van der Waals surface area contributed by atoms with Crippen molar-refractivity contribution in [1.29, 1.82) is 5.26 Å². The number of amides is 1. The maximum absolute atomic E-state index is 12.5. The van der Waals surface area contributed by atoms with Crippen LogP contribution < -0.4 is 10.1 Å². The SMILES string of the molecule is Cc1c(Cl)cccc1NC(=O)/C(C#N)=C\c1ccc(OCc2ccc(Br)cc2Br)cc1. The Hall–Kier alpha value is -2.59. The van der Waals surface area contributed by atoms with Gasteiger partial charge in [-0.15, -0.1) is 0 Å². The van der Waals surface area contributed by atoms with Crippen LogP contribution in [-0.2, 0) is 11.4 Å². The highest BCUT2D eigenvalue weighted by atomic mass is 79.9. The van der Waals surface area contributed by atoms with Gasteiger partial charge in [-0.2, -0.15) is 5.26 Å². The van der Waals surface area contributed by atoms with Crippen LogP contribution in [0.15, 0.2) is 75.2 Å². The van der Waals surface area contributed by atoms with Gasteiger partial charge in [0, 0.05) is 25.2 Å². The third-order valence-corrected chi connectivity index (χ3v) is 6.12. The molecule has 0 bridgehead atoms. The first-order chi connectivity index (χ1) is 14.9. The lowest BCUT2D eigenvalue weighted by molar-refractivity contribution is -0.112. The first-order valence-electron chi connectivity index (χ1n) is 9.22. The number of nitrogens with one attached hydrogen (secondary N) is 1. The van der Waals surface area contributed by atoms with Gasteiger partial charge in [-0.1, -0.05) is 67.7 Å². The van der Waals surface area contributed by atoms with Crippen LogP contribution in [0.1, 0.15) is 16.7 Å². The van der Waals surface area contributed by atoms with E-state index in [-0.39, 0.29) is 5.57 Å². The van der Waals surface area contributed by atoms with E-state index in [1.54, 1.807) is 49.4 Å². The van der Waals surface area contributed by atoms with Gasteiger partial charge in [-0.3, -0.25) is 4.79 Å². The number of rotatable bonds is 6. The molecule has 0 saturated heterocycles. The van der Waals surface area contributed by atoms with E-state index in [2.05, 4.69) is 37.2 Å². The van der Waals surface area contributed by atoms with Gasteiger partial charge in [0.25, 0.3) is 5.91 Å². The summed E-state index contributed by atoms with van der Waals surface area (Å²) >= 11 is 13.0. The lowest BCUT2D eigenvalue weighted by Gasteiger charge is -2.09. The van der Waals surface area contributed by atoms with Crippen molar-refractivity contribution < 1.29 is 9.53 Å². The fraction of sp³-hybridized carbons (Fsp3) is 0.0833. The molecule has 0 atom stereocenters. The van der Waals surface area contributed by atoms with Gasteiger partial charge in [-0.05, 0) is 60.5 Å². The smallest absolute Gasteiger partial charge is 0.266 e. The standard InChI is InChI=1S/C24H17Br2ClN2O2/c1-15-22(27)3-2-4-23(15)29-24(30)18(13-28)11-16-5-9-20(10-6-16)31-14-17-7-8-19(25)12-21(17)26/h2-12H,14H2,1H3,(H,29,30)/b18-11-. The lowest BCUT2D eigenvalue weighted by atomic mass is 10.1. The Bertz CT molecular complexity index is 1190. The van der Waals surface area contributed by atoms with E-state index in [0.717, 1.165) is 20.1 Å². The number of ether oxygens (including phenoxy) is 1. The van der Waals surface area contributed by atoms with Gasteiger partial charge >= 0.3 is 0 Å². The van der Waals surface area contributed by atoms with Crippen LogP contribution in [0.4, 0.5) is 5.69 Å². The second-order valence-corrected chi connectivity index (χ2v) is 8.81. The zero-order valence-electron chi connectivity index (χ0n) is 16.5. The van der Waals surface area contributed by atoms with E-state index in [1.165, 1.54) is 6.08 Å². The van der Waals surface area contributed by atoms with Crippen molar-refractivity contribution in [1.82, 2.24) is 0 Å². The highest BCUT2D eigenvalue weighted by molar-refractivity contribution is 9.11. The molecule has 3 aromatic rings. The van der Waals surface area contributed by atoms with E-state index >= 15 is 0 Å². The normalized spacial score (nSPS) is 11.0. The molecule has 31 heavy (non-hydrogen) atoms. The van der Waals surface area contributed by atoms with E-state index in [1.807, 2.05) is 24.3 Å². The lowest BCUT2D eigenvalue weighted by Crippen LogP contribution is -2.14. The number of carbonyl (C=O) groups excluding carboxylic acids is 1. The van der Waals surface area contributed by atoms with Crippen molar-refractivity contribution in [3.05, 3.63) is 96.9 Å². The molecule has 0 aliphatic heterocycles. The average Bonchev–Trinajstić information content (AvgIpc) is 2.75. The summed E-state index contributed by atoms with van der Waals surface area (Å²) in [6.45, 7) is 2.22. The van der Waals surface area contributed by atoms with E-state index in [4.69, 9.17) is 16.3 Å². The molecule has 0 aromatic heterocycles. The Kier molecular flexibility index (Phi) is 7.91. The molecule has 7 heteroatoms. The first-order valence-corrected chi connectivity index (χ1v) is 11.2. The molecule has 0 aliphatic carbocycles. The van der Waals surface area contributed by atoms with Gasteiger partial charge in [0.2, 0.25) is 0 Å². The third kappa shape index (κ3) is 6.20. The highest BCUT2D eigenvalue weighted by Gasteiger charge is 2.12. The predicted molar refractivity (Wildman–Crippen MR) is 131 cm³/mol. The summed E-state index contributed by atoms with van der Waals surface area (Å²) in [4.78, 5) is 12.5. The molecule has 0 unspecified atom stereocenters. The number of hydrogen-bond donors (Lipinski definition) is 1. The third-order valence-electron chi connectivity index (χ3n) is 4.48. The number of nitrogens with zero attached hydrogens (tertiary/aromatic N) is 1.